The molecule has 0 spiro atoms. The van der Waals surface area contributed by atoms with Crippen LogP contribution in [0, 0.1) is 10.1 Å². The Balaban J connectivity index is 1.73. The monoisotopic (exact) mass is 482 g/mol. The third-order valence-electron chi connectivity index (χ3n) is 4.75. The highest BCUT2D eigenvalue weighted by molar-refractivity contribution is 6.07. The van der Waals surface area contributed by atoms with Gasteiger partial charge in [-0.05, 0) is 55.5 Å². The van der Waals surface area contributed by atoms with Crippen LogP contribution >= 0.6 is 0 Å². The van der Waals surface area contributed by atoms with E-state index in [0.29, 0.717) is 23.8 Å². The second kappa shape index (κ2) is 12.2. The van der Waals surface area contributed by atoms with Gasteiger partial charge in [0.25, 0.3) is 11.6 Å². The maximum atomic E-state index is 12.9. The lowest BCUT2D eigenvalue weighted by Crippen LogP contribution is -2.15. The molecule has 3 aromatic carbocycles. The van der Waals surface area contributed by atoms with Crippen LogP contribution in [-0.4, -0.2) is 44.9 Å². The number of ether oxygens (including phenoxy) is 5. The fourth-order valence-corrected chi connectivity index (χ4v) is 3.10. The minimum atomic E-state index is -0.668. The maximum absolute atomic E-state index is 12.9. The number of nitrogens with zero attached hydrogens (tertiary/aromatic N) is 1. The number of benzene rings is 3. The molecule has 0 aliphatic heterocycles. The number of nitro benzene ring substituents is 1. The van der Waals surface area contributed by atoms with Crippen molar-refractivity contribution in [3.8, 4) is 28.7 Å². The molecule has 0 saturated carbocycles. The Bertz CT molecular complexity index is 1150. The first-order valence-corrected chi connectivity index (χ1v) is 10.8. The second-order valence-electron chi connectivity index (χ2n) is 7.10. The highest BCUT2D eigenvalue weighted by Crippen LogP contribution is 2.35. The lowest BCUT2D eigenvalue weighted by Gasteiger charge is -2.13. The average molecular weight is 482 g/mol. The van der Waals surface area contributed by atoms with E-state index in [9.17, 15) is 14.9 Å². The number of hydrogen-bond donors (Lipinski definition) is 1. The van der Waals surface area contributed by atoms with E-state index in [1.807, 2.05) is 19.1 Å². The van der Waals surface area contributed by atoms with Crippen LogP contribution in [0.2, 0.25) is 0 Å². The van der Waals surface area contributed by atoms with Crippen LogP contribution in [0.1, 0.15) is 17.3 Å². The maximum Gasteiger partial charge on any atom is 0.286 e. The van der Waals surface area contributed by atoms with Crippen molar-refractivity contribution in [3.63, 3.8) is 0 Å². The summed E-state index contributed by atoms with van der Waals surface area (Å²) in [7, 11) is 2.89. The lowest BCUT2D eigenvalue weighted by molar-refractivity contribution is -0.385. The number of anilines is 1. The van der Waals surface area contributed by atoms with Gasteiger partial charge in [0.1, 0.15) is 29.4 Å². The molecular weight excluding hydrogens is 456 g/mol. The summed E-state index contributed by atoms with van der Waals surface area (Å²) in [6, 6.07) is 16.2. The molecule has 184 valence electrons. The van der Waals surface area contributed by atoms with E-state index >= 15 is 0 Å². The summed E-state index contributed by atoms with van der Waals surface area (Å²) >= 11 is 0. The molecule has 3 rings (SSSR count). The Morgan fingerprint density at radius 1 is 0.886 bits per heavy atom. The van der Waals surface area contributed by atoms with Crippen LogP contribution in [0.15, 0.2) is 60.7 Å². The fourth-order valence-electron chi connectivity index (χ4n) is 3.10. The number of methoxy groups -OCH3 is 2. The Morgan fingerprint density at radius 3 is 2.09 bits per heavy atom. The molecule has 0 unspecified atom stereocenters. The first kappa shape index (κ1) is 25.3. The molecule has 0 radical (unpaired) electrons. The minimum Gasteiger partial charge on any atom is -0.494 e. The van der Waals surface area contributed by atoms with Crippen molar-refractivity contribution in [3.05, 3.63) is 76.3 Å². The molecule has 10 heteroatoms. The van der Waals surface area contributed by atoms with E-state index in [-0.39, 0.29) is 30.3 Å². The SMILES string of the molecule is CCOc1ccc(Oc2ccc(NC(=O)c3cc(OC)c(OCCOC)cc3[N+](=O)[O-])cc2)cc1. The van der Waals surface area contributed by atoms with Crippen molar-refractivity contribution in [2.75, 3.05) is 39.4 Å². The summed E-state index contributed by atoms with van der Waals surface area (Å²) in [6.45, 7) is 2.95. The second-order valence-corrected chi connectivity index (χ2v) is 7.10. The lowest BCUT2D eigenvalue weighted by atomic mass is 10.1. The van der Waals surface area contributed by atoms with Gasteiger partial charge in [0.05, 0.1) is 31.3 Å². The zero-order valence-electron chi connectivity index (χ0n) is 19.6. The zero-order valence-corrected chi connectivity index (χ0v) is 19.6. The van der Waals surface area contributed by atoms with Crippen LogP contribution < -0.4 is 24.3 Å². The summed E-state index contributed by atoms with van der Waals surface area (Å²) in [5, 5.41) is 14.3. The van der Waals surface area contributed by atoms with E-state index in [1.54, 1.807) is 36.4 Å². The summed E-state index contributed by atoms with van der Waals surface area (Å²) in [5.74, 6) is 1.59. The fraction of sp³-hybridized carbons (Fsp3) is 0.240. The van der Waals surface area contributed by atoms with Crippen molar-refractivity contribution in [1.82, 2.24) is 0 Å². The van der Waals surface area contributed by atoms with Gasteiger partial charge in [-0.3, -0.25) is 14.9 Å². The van der Waals surface area contributed by atoms with Gasteiger partial charge in [-0.1, -0.05) is 0 Å². The van der Waals surface area contributed by atoms with Crippen molar-refractivity contribution in [2.45, 2.75) is 6.92 Å². The minimum absolute atomic E-state index is 0.142. The highest BCUT2D eigenvalue weighted by Gasteiger charge is 2.25. The first-order chi connectivity index (χ1) is 16.9. The normalized spacial score (nSPS) is 10.4. The third kappa shape index (κ3) is 6.84. The molecule has 1 amide bonds. The van der Waals surface area contributed by atoms with Crippen molar-refractivity contribution >= 4 is 17.3 Å². The van der Waals surface area contributed by atoms with Crippen LogP contribution in [0.4, 0.5) is 11.4 Å². The Morgan fingerprint density at radius 2 is 1.51 bits per heavy atom. The molecule has 0 atom stereocenters. The molecule has 0 heterocycles. The quantitative estimate of drug-likeness (QED) is 0.216. The van der Waals surface area contributed by atoms with E-state index in [1.165, 1.54) is 20.3 Å². The molecular formula is C25H26N2O8. The van der Waals surface area contributed by atoms with Gasteiger partial charge in [-0.2, -0.15) is 0 Å². The average Bonchev–Trinajstić information content (AvgIpc) is 2.86. The summed E-state index contributed by atoms with van der Waals surface area (Å²) in [5.41, 5.74) is -0.144. The van der Waals surface area contributed by atoms with Gasteiger partial charge in [0.15, 0.2) is 11.5 Å². The van der Waals surface area contributed by atoms with Crippen LogP contribution in [0.25, 0.3) is 0 Å². The number of hydrogen-bond acceptors (Lipinski definition) is 8. The van der Waals surface area contributed by atoms with Crippen molar-refractivity contribution in [1.29, 1.82) is 0 Å². The van der Waals surface area contributed by atoms with Crippen molar-refractivity contribution in [2.24, 2.45) is 0 Å². The van der Waals surface area contributed by atoms with Gasteiger partial charge in [-0.15, -0.1) is 0 Å². The molecule has 1 N–H and O–H groups in total. The molecule has 0 aliphatic carbocycles. The first-order valence-electron chi connectivity index (χ1n) is 10.8. The summed E-state index contributed by atoms with van der Waals surface area (Å²) < 4.78 is 26.9. The smallest absolute Gasteiger partial charge is 0.286 e. The molecule has 0 fully saturated rings. The number of amides is 1. The number of carbonyl (C=O) groups excluding carboxylic acids is 1. The predicted octanol–water partition coefficient (Wildman–Crippen LogP) is 5.07. The highest BCUT2D eigenvalue weighted by atomic mass is 16.6. The topological polar surface area (TPSA) is 118 Å². The van der Waals surface area contributed by atoms with Gasteiger partial charge in [0.2, 0.25) is 0 Å². The Labute approximate surface area is 202 Å². The van der Waals surface area contributed by atoms with Gasteiger partial charge < -0.3 is 29.0 Å². The molecule has 3 aromatic rings. The van der Waals surface area contributed by atoms with Gasteiger partial charge >= 0.3 is 0 Å². The van der Waals surface area contributed by atoms with E-state index < -0.39 is 16.5 Å². The number of rotatable bonds is 12. The Hall–Kier alpha value is -4.31. The zero-order chi connectivity index (χ0) is 25.2. The molecule has 35 heavy (non-hydrogen) atoms. The van der Waals surface area contributed by atoms with Crippen LogP contribution in [-0.2, 0) is 4.74 Å². The predicted molar refractivity (Wildman–Crippen MR) is 129 cm³/mol. The largest absolute Gasteiger partial charge is 0.494 e. The Kier molecular flexibility index (Phi) is 8.85. The van der Waals surface area contributed by atoms with Crippen LogP contribution in [0.5, 0.6) is 28.7 Å². The summed E-state index contributed by atoms with van der Waals surface area (Å²) in [6.07, 6.45) is 0. The van der Waals surface area contributed by atoms with E-state index in [4.69, 9.17) is 23.7 Å². The molecule has 0 bridgehead atoms. The summed E-state index contributed by atoms with van der Waals surface area (Å²) in [4.78, 5) is 23.8. The number of nitrogens with one attached hydrogen (secondary N) is 1. The molecule has 0 aliphatic rings. The molecule has 10 nitrogen and oxygen atoms in total. The standard InChI is InChI=1S/C25H26N2O8/c1-4-33-18-9-11-20(12-10-18)35-19-7-5-17(6-8-19)26-25(28)21-15-23(32-3)24(34-14-13-31-2)16-22(21)27(29)30/h5-12,15-16H,4,13-14H2,1-3H3,(H,26,28). The van der Waals surface area contributed by atoms with E-state index in [2.05, 4.69) is 5.32 Å². The van der Waals surface area contributed by atoms with Gasteiger partial charge in [0, 0.05) is 18.9 Å². The van der Waals surface area contributed by atoms with E-state index in [0.717, 1.165) is 11.8 Å². The third-order valence-corrected chi connectivity index (χ3v) is 4.75. The molecule has 0 aromatic heterocycles. The molecule has 0 saturated heterocycles. The van der Waals surface area contributed by atoms with Crippen molar-refractivity contribution < 1.29 is 33.4 Å². The van der Waals surface area contributed by atoms with Crippen LogP contribution in [0.3, 0.4) is 0 Å². The van der Waals surface area contributed by atoms with Gasteiger partial charge in [-0.25, -0.2) is 0 Å². The number of carbonyl (C=O) groups is 1. The number of nitro groups is 1.